The van der Waals surface area contributed by atoms with Crippen molar-refractivity contribution < 1.29 is 4.39 Å². The highest BCUT2D eigenvalue weighted by Crippen LogP contribution is 2.23. The summed E-state index contributed by atoms with van der Waals surface area (Å²) in [6.07, 6.45) is 2.92. The third-order valence-corrected chi connectivity index (χ3v) is 2.58. The Morgan fingerprint density at radius 2 is 2.24 bits per heavy atom. The summed E-state index contributed by atoms with van der Waals surface area (Å²) < 4.78 is 15.5. The molecule has 2 rings (SSSR count). The number of anilines is 1. The van der Waals surface area contributed by atoms with E-state index < -0.39 is 0 Å². The first-order valence-corrected chi connectivity index (χ1v) is 5.47. The average Bonchev–Trinajstić information content (AvgIpc) is 2.86. The highest BCUT2D eigenvalue weighted by Gasteiger charge is 2.15. The predicted molar refractivity (Wildman–Crippen MR) is 61.8 cm³/mol. The number of halogens is 1. The van der Waals surface area contributed by atoms with Crippen LogP contribution in [0.3, 0.4) is 0 Å². The molecule has 2 aromatic heterocycles. The fraction of sp³-hybridized carbons (Fsp3) is 0.500. The third-order valence-electron chi connectivity index (χ3n) is 2.58. The SMILES string of the molecule is Cn1nccc1-c1c(N)nnn1CCCCF. The highest BCUT2D eigenvalue weighted by atomic mass is 19.1. The van der Waals surface area contributed by atoms with Gasteiger partial charge in [-0.15, -0.1) is 5.10 Å². The van der Waals surface area contributed by atoms with Gasteiger partial charge in [-0.05, 0) is 18.9 Å². The fourth-order valence-electron chi connectivity index (χ4n) is 1.71. The van der Waals surface area contributed by atoms with E-state index in [2.05, 4.69) is 15.4 Å². The van der Waals surface area contributed by atoms with Gasteiger partial charge in [0.1, 0.15) is 5.69 Å². The second kappa shape index (κ2) is 4.94. The molecule has 6 nitrogen and oxygen atoms in total. The number of hydrogen-bond acceptors (Lipinski definition) is 4. The molecule has 0 aliphatic carbocycles. The molecular weight excluding hydrogens is 223 g/mol. The number of aromatic nitrogens is 5. The summed E-state index contributed by atoms with van der Waals surface area (Å²) >= 11 is 0. The Labute approximate surface area is 98.2 Å². The van der Waals surface area contributed by atoms with Crippen molar-refractivity contribution in [3.63, 3.8) is 0 Å². The normalized spacial score (nSPS) is 10.9. The Kier molecular flexibility index (Phi) is 3.36. The number of rotatable bonds is 5. The summed E-state index contributed by atoms with van der Waals surface area (Å²) in [4.78, 5) is 0. The molecule has 0 aromatic carbocycles. The zero-order valence-electron chi connectivity index (χ0n) is 9.67. The summed E-state index contributed by atoms with van der Waals surface area (Å²) in [5.74, 6) is 0.369. The number of alkyl halides is 1. The van der Waals surface area contributed by atoms with Gasteiger partial charge in [-0.25, -0.2) is 4.68 Å². The number of nitrogens with zero attached hydrogens (tertiary/aromatic N) is 5. The third kappa shape index (κ3) is 2.27. The molecule has 0 saturated carbocycles. The van der Waals surface area contributed by atoms with Gasteiger partial charge >= 0.3 is 0 Å². The van der Waals surface area contributed by atoms with E-state index in [1.54, 1.807) is 15.6 Å². The quantitative estimate of drug-likeness (QED) is 0.789. The maximum absolute atomic E-state index is 12.1. The van der Waals surface area contributed by atoms with E-state index in [4.69, 9.17) is 5.73 Å². The molecule has 2 aromatic rings. The van der Waals surface area contributed by atoms with E-state index in [1.807, 2.05) is 13.1 Å². The standard InChI is InChI=1S/C10H15FN6/c1-16-8(4-6-13-16)9-10(12)14-15-17(9)7-3-2-5-11/h4,6H,2-3,5,7,12H2,1H3. The average molecular weight is 238 g/mol. The number of unbranched alkanes of at least 4 members (excludes halogenated alkanes) is 1. The van der Waals surface area contributed by atoms with Crippen LogP contribution in [0.15, 0.2) is 12.3 Å². The lowest BCUT2D eigenvalue weighted by Crippen LogP contribution is -2.06. The minimum atomic E-state index is -0.314. The van der Waals surface area contributed by atoms with Crippen LogP contribution in [0.1, 0.15) is 12.8 Å². The van der Waals surface area contributed by atoms with E-state index in [1.165, 1.54) is 0 Å². The number of nitrogens with two attached hydrogens (primary N) is 1. The molecule has 0 fully saturated rings. The van der Waals surface area contributed by atoms with E-state index in [0.717, 1.165) is 11.4 Å². The number of hydrogen-bond donors (Lipinski definition) is 1. The predicted octanol–water partition coefficient (Wildman–Crippen LogP) is 1.01. The van der Waals surface area contributed by atoms with E-state index in [0.29, 0.717) is 25.2 Å². The molecule has 92 valence electrons. The molecule has 0 unspecified atom stereocenters. The molecule has 0 saturated heterocycles. The van der Waals surface area contributed by atoms with Crippen molar-refractivity contribution in [3.05, 3.63) is 12.3 Å². The van der Waals surface area contributed by atoms with Crippen molar-refractivity contribution in [1.82, 2.24) is 24.8 Å². The molecule has 0 bridgehead atoms. The molecular formula is C10H15FN6. The summed E-state index contributed by atoms with van der Waals surface area (Å²) in [5.41, 5.74) is 7.39. The molecule has 0 amide bonds. The second-order valence-corrected chi connectivity index (χ2v) is 3.78. The van der Waals surface area contributed by atoms with Crippen molar-refractivity contribution in [2.24, 2.45) is 7.05 Å². The molecule has 0 radical (unpaired) electrons. The Balaban J connectivity index is 2.27. The minimum Gasteiger partial charge on any atom is -0.380 e. The molecule has 0 aliphatic rings. The highest BCUT2D eigenvalue weighted by molar-refractivity contribution is 5.66. The number of nitrogen functional groups attached to an aromatic ring is 1. The molecule has 0 aliphatic heterocycles. The van der Waals surface area contributed by atoms with Crippen LogP contribution in [0.4, 0.5) is 10.2 Å². The van der Waals surface area contributed by atoms with Crippen molar-refractivity contribution >= 4 is 5.82 Å². The molecule has 2 heterocycles. The Morgan fingerprint density at radius 3 is 2.88 bits per heavy atom. The Hall–Kier alpha value is -1.92. The van der Waals surface area contributed by atoms with Crippen LogP contribution >= 0.6 is 0 Å². The van der Waals surface area contributed by atoms with Crippen LogP contribution in [0.5, 0.6) is 0 Å². The summed E-state index contributed by atoms with van der Waals surface area (Å²) in [5, 5.41) is 11.9. The van der Waals surface area contributed by atoms with Gasteiger partial charge in [0.2, 0.25) is 0 Å². The summed E-state index contributed by atoms with van der Waals surface area (Å²) in [7, 11) is 1.83. The second-order valence-electron chi connectivity index (χ2n) is 3.78. The Bertz CT molecular complexity index is 489. The lowest BCUT2D eigenvalue weighted by atomic mass is 10.3. The lowest BCUT2D eigenvalue weighted by molar-refractivity contribution is 0.438. The zero-order chi connectivity index (χ0) is 12.3. The van der Waals surface area contributed by atoms with Crippen LogP contribution in [-0.4, -0.2) is 31.4 Å². The van der Waals surface area contributed by atoms with Gasteiger partial charge in [0.05, 0.1) is 12.4 Å². The van der Waals surface area contributed by atoms with Crippen molar-refractivity contribution in [1.29, 1.82) is 0 Å². The van der Waals surface area contributed by atoms with Gasteiger partial charge < -0.3 is 5.73 Å². The Morgan fingerprint density at radius 1 is 1.41 bits per heavy atom. The van der Waals surface area contributed by atoms with Gasteiger partial charge in [-0.1, -0.05) is 5.21 Å². The van der Waals surface area contributed by atoms with E-state index in [9.17, 15) is 4.39 Å². The maximum atomic E-state index is 12.1. The molecule has 7 heteroatoms. The molecule has 0 spiro atoms. The molecule has 17 heavy (non-hydrogen) atoms. The van der Waals surface area contributed by atoms with Crippen molar-refractivity contribution in [3.8, 4) is 11.4 Å². The van der Waals surface area contributed by atoms with Crippen molar-refractivity contribution in [2.75, 3.05) is 12.4 Å². The van der Waals surface area contributed by atoms with E-state index in [-0.39, 0.29) is 6.67 Å². The van der Waals surface area contributed by atoms with Gasteiger partial charge in [0, 0.05) is 19.8 Å². The van der Waals surface area contributed by atoms with Crippen LogP contribution in [0.25, 0.3) is 11.4 Å². The van der Waals surface area contributed by atoms with Crippen molar-refractivity contribution in [2.45, 2.75) is 19.4 Å². The van der Waals surface area contributed by atoms with Gasteiger partial charge in [-0.2, -0.15) is 5.10 Å². The van der Waals surface area contributed by atoms with Gasteiger partial charge in [0.15, 0.2) is 5.82 Å². The first kappa shape index (κ1) is 11.6. The fourth-order valence-corrected chi connectivity index (χ4v) is 1.71. The number of aryl methyl sites for hydroxylation is 2. The summed E-state index contributed by atoms with van der Waals surface area (Å²) in [6.45, 7) is 0.292. The summed E-state index contributed by atoms with van der Waals surface area (Å²) in [6, 6.07) is 1.85. The van der Waals surface area contributed by atoms with Crippen LogP contribution in [0, 0.1) is 0 Å². The first-order chi connectivity index (χ1) is 8.24. The van der Waals surface area contributed by atoms with E-state index >= 15 is 0 Å². The monoisotopic (exact) mass is 238 g/mol. The van der Waals surface area contributed by atoms with Crippen LogP contribution < -0.4 is 5.73 Å². The minimum absolute atomic E-state index is 0.314. The van der Waals surface area contributed by atoms with Crippen LogP contribution in [0.2, 0.25) is 0 Å². The van der Waals surface area contributed by atoms with Gasteiger partial charge in [0.25, 0.3) is 0 Å². The first-order valence-electron chi connectivity index (χ1n) is 5.47. The smallest absolute Gasteiger partial charge is 0.175 e. The zero-order valence-corrected chi connectivity index (χ0v) is 9.67. The topological polar surface area (TPSA) is 74.6 Å². The lowest BCUT2D eigenvalue weighted by Gasteiger charge is -2.06. The molecule has 2 N–H and O–H groups in total. The maximum Gasteiger partial charge on any atom is 0.175 e. The van der Waals surface area contributed by atoms with Crippen LogP contribution in [-0.2, 0) is 13.6 Å². The molecule has 0 atom stereocenters. The largest absolute Gasteiger partial charge is 0.380 e. The van der Waals surface area contributed by atoms with Gasteiger partial charge in [-0.3, -0.25) is 9.07 Å².